The lowest BCUT2D eigenvalue weighted by Gasteiger charge is -2.17. The van der Waals surface area contributed by atoms with Crippen molar-refractivity contribution in [3.63, 3.8) is 0 Å². The van der Waals surface area contributed by atoms with Crippen LogP contribution in [0.4, 0.5) is 17.1 Å². The first-order valence-corrected chi connectivity index (χ1v) is 10.9. The number of thioether (sulfide) groups is 1. The Kier molecular flexibility index (Phi) is 5.43. The van der Waals surface area contributed by atoms with Crippen LogP contribution < -0.4 is 15.4 Å². The number of nitrogens with one attached hydrogen (secondary N) is 3. The van der Waals surface area contributed by atoms with Crippen LogP contribution in [0, 0.1) is 6.92 Å². The molecule has 1 heterocycles. The zero-order valence-electron chi connectivity index (χ0n) is 14.8. The molecule has 0 atom stereocenters. The van der Waals surface area contributed by atoms with Crippen molar-refractivity contribution in [3.05, 3.63) is 47.5 Å². The molecule has 1 aliphatic heterocycles. The number of aryl methyl sites for hydroxylation is 1. The lowest BCUT2D eigenvalue weighted by atomic mass is 10.1. The number of rotatable bonds is 5. The second-order valence-corrected chi connectivity index (χ2v) is 9.07. The molecule has 2 aromatic rings. The Bertz CT molecular complexity index is 1020. The molecule has 0 aliphatic carbocycles. The average Bonchev–Trinajstić information content (AvgIpc) is 2.63. The molecule has 0 spiro atoms. The molecular formula is C18H19N3O4S2. The second kappa shape index (κ2) is 7.61. The van der Waals surface area contributed by atoms with Crippen LogP contribution in [0.2, 0.25) is 0 Å². The summed E-state index contributed by atoms with van der Waals surface area (Å²) in [5, 5.41) is 5.54. The normalized spacial score (nSPS) is 13.5. The van der Waals surface area contributed by atoms with Gasteiger partial charge in [0, 0.05) is 16.1 Å². The number of carbonyl (C=O) groups excluding carboxylic acids is 2. The van der Waals surface area contributed by atoms with Gasteiger partial charge >= 0.3 is 0 Å². The molecule has 0 saturated carbocycles. The van der Waals surface area contributed by atoms with Crippen LogP contribution >= 0.6 is 11.8 Å². The zero-order chi connectivity index (χ0) is 19.6. The minimum atomic E-state index is -3.36. The smallest absolute Gasteiger partial charge is 0.255 e. The summed E-state index contributed by atoms with van der Waals surface area (Å²) in [5.74, 6) is -0.0564. The fourth-order valence-electron chi connectivity index (χ4n) is 2.52. The number of hydrogen-bond acceptors (Lipinski definition) is 5. The molecule has 3 rings (SSSR count). The third kappa shape index (κ3) is 4.61. The van der Waals surface area contributed by atoms with Crippen molar-refractivity contribution in [2.75, 3.05) is 26.9 Å². The molecule has 9 heteroatoms. The monoisotopic (exact) mass is 405 g/mol. The summed E-state index contributed by atoms with van der Waals surface area (Å²) in [6.07, 6.45) is 0. The van der Waals surface area contributed by atoms with E-state index in [-0.39, 0.29) is 17.6 Å². The molecule has 3 N–H and O–H groups in total. The predicted octanol–water partition coefficient (Wildman–Crippen LogP) is 3.05. The topological polar surface area (TPSA) is 104 Å². The highest BCUT2D eigenvalue weighted by molar-refractivity contribution is 8.00. The van der Waals surface area contributed by atoms with E-state index in [2.05, 4.69) is 15.4 Å². The molecular weight excluding hydrogens is 386 g/mol. The number of amides is 2. The summed E-state index contributed by atoms with van der Waals surface area (Å²) in [6.45, 7) is 3.32. The van der Waals surface area contributed by atoms with Gasteiger partial charge in [-0.05, 0) is 55.8 Å². The number of carbonyl (C=O) groups is 2. The quantitative estimate of drug-likeness (QED) is 0.709. The number of anilines is 3. The summed E-state index contributed by atoms with van der Waals surface area (Å²) in [5.41, 5.74) is 2.77. The van der Waals surface area contributed by atoms with Crippen molar-refractivity contribution >= 4 is 50.7 Å². The minimum absolute atomic E-state index is 0.0158. The fourth-order valence-corrected chi connectivity index (χ4v) is 4.02. The summed E-state index contributed by atoms with van der Waals surface area (Å²) >= 11 is 1.43. The van der Waals surface area contributed by atoms with Gasteiger partial charge in [0.15, 0.2) is 0 Å². The van der Waals surface area contributed by atoms with Crippen molar-refractivity contribution in [2.45, 2.75) is 18.7 Å². The second-order valence-electron chi connectivity index (χ2n) is 6.04. The van der Waals surface area contributed by atoms with E-state index >= 15 is 0 Å². The van der Waals surface area contributed by atoms with Gasteiger partial charge in [-0.3, -0.25) is 14.3 Å². The fraction of sp³-hybridized carbons (Fsp3) is 0.222. The molecule has 2 aromatic carbocycles. The van der Waals surface area contributed by atoms with E-state index < -0.39 is 10.0 Å². The molecule has 7 nitrogen and oxygen atoms in total. The van der Waals surface area contributed by atoms with Crippen LogP contribution in [0.15, 0.2) is 41.3 Å². The number of benzene rings is 2. The summed E-state index contributed by atoms with van der Waals surface area (Å²) < 4.78 is 25.9. The van der Waals surface area contributed by atoms with Gasteiger partial charge in [0.05, 0.1) is 22.9 Å². The van der Waals surface area contributed by atoms with E-state index in [0.29, 0.717) is 33.9 Å². The third-order valence-corrected chi connectivity index (χ3v) is 6.37. The van der Waals surface area contributed by atoms with E-state index in [0.717, 1.165) is 4.90 Å². The average molecular weight is 406 g/mol. The van der Waals surface area contributed by atoms with E-state index in [1.807, 2.05) is 6.07 Å². The van der Waals surface area contributed by atoms with Gasteiger partial charge in [-0.2, -0.15) is 0 Å². The Balaban J connectivity index is 1.75. The van der Waals surface area contributed by atoms with Crippen LogP contribution in [-0.4, -0.2) is 31.7 Å². The van der Waals surface area contributed by atoms with Gasteiger partial charge in [-0.25, -0.2) is 8.42 Å². The molecule has 27 heavy (non-hydrogen) atoms. The van der Waals surface area contributed by atoms with E-state index in [1.54, 1.807) is 44.2 Å². The lowest BCUT2D eigenvalue weighted by molar-refractivity contribution is -0.113. The molecule has 0 saturated heterocycles. The Morgan fingerprint density at radius 2 is 2.00 bits per heavy atom. The molecule has 1 aliphatic rings. The maximum absolute atomic E-state index is 12.5. The molecule has 0 unspecified atom stereocenters. The SMILES string of the molecule is CCS(=O)(=O)Nc1ccc(NC(=O)c2ccc3c(c2)NC(=O)CS3)cc1C. The Morgan fingerprint density at radius 1 is 1.22 bits per heavy atom. The lowest BCUT2D eigenvalue weighted by Crippen LogP contribution is -2.20. The van der Waals surface area contributed by atoms with Gasteiger partial charge in [0.25, 0.3) is 5.91 Å². The molecule has 0 radical (unpaired) electrons. The van der Waals surface area contributed by atoms with Gasteiger partial charge in [0.2, 0.25) is 15.9 Å². The van der Waals surface area contributed by atoms with Crippen molar-refractivity contribution in [3.8, 4) is 0 Å². The van der Waals surface area contributed by atoms with Crippen LogP contribution in [0.25, 0.3) is 0 Å². The van der Waals surface area contributed by atoms with Crippen molar-refractivity contribution in [2.24, 2.45) is 0 Å². The Labute approximate surface area is 162 Å². The van der Waals surface area contributed by atoms with Gasteiger partial charge in [-0.15, -0.1) is 11.8 Å². The van der Waals surface area contributed by atoms with E-state index in [9.17, 15) is 18.0 Å². The molecule has 142 valence electrons. The van der Waals surface area contributed by atoms with Gasteiger partial charge in [0.1, 0.15) is 0 Å². The summed E-state index contributed by atoms with van der Waals surface area (Å²) in [6, 6.07) is 10.1. The van der Waals surface area contributed by atoms with Crippen LogP contribution in [-0.2, 0) is 14.8 Å². The highest BCUT2D eigenvalue weighted by atomic mass is 32.2. The number of sulfonamides is 1. The van der Waals surface area contributed by atoms with Gasteiger partial charge < -0.3 is 10.6 Å². The van der Waals surface area contributed by atoms with E-state index in [4.69, 9.17) is 0 Å². The first-order chi connectivity index (χ1) is 12.8. The zero-order valence-corrected chi connectivity index (χ0v) is 16.5. The van der Waals surface area contributed by atoms with Crippen LogP contribution in [0.3, 0.4) is 0 Å². The largest absolute Gasteiger partial charge is 0.324 e. The Hall–Kier alpha value is -2.52. The maximum atomic E-state index is 12.5. The highest BCUT2D eigenvalue weighted by Crippen LogP contribution is 2.32. The number of hydrogen-bond donors (Lipinski definition) is 3. The molecule has 0 fully saturated rings. The minimum Gasteiger partial charge on any atom is -0.324 e. The first-order valence-electron chi connectivity index (χ1n) is 8.26. The van der Waals surface area contributed by atoms with Crippen molar-refractivity contribution < 1.29 is 18.0 Å². The predicted molar refractivity (Wildman–Crippen MR) is 108 cm³/mol. The van der Waals surface area contributed by atoms with E-state index in [1.165, 1.54) is 11.8 Å². The van der Waals surface area contributed by atoms with Crippen LogP contribution in [0.5, 0.6) is 0 Å². The van der Waals surface area contributed by atoms with Gasteiger partial charge in [-0.1, -0.05) is 0 Å². The standard InChI is InChI=1S/C18H19N3O4S2/c1-3-27(24,25)21-14-6-5-13(8-11(14)2)19-18(23)12-4-7-16-15(9-12)20-17(22)10-26-16/h4-9,21H,3,10H2,1-2H3,(H,19,23)(H,20,22). The van der Waals surface area contributed by atoms with Crippen molar-refractivity contribution in [1.29, 1.82) is 0 Å². The Morgan fingerprint density at radius 3 is 2.70 bits per heavy atom. The third-order valence-electron chi connectivity index (χ3n) is 4.00. The maximum Gasteiger partial charge on any atom is 0.255 e. The summed E-state index contributed by atoms with van der Waals surface area (Å²) in [7, 11) is -3.36. The molecule has 0 aromatic heterocycles. The summed E-state index contributed by atoms with van der Waals surface area (Å²) in [4.78, 5) is 24.9. The number of fused-ring (bicyclic) bond motifs is 1. The van der Waals surface area contributed by atoms with Crippen LogP contribution in [0.1, 0.15) is 22.8 Å². The molecule has 0 bridgehead atoms. The first kappa shape index (κ1) is 19.2. The van der Waals surface area contributed by atoms with Crippen molar-refractivity contribution in [1.82, 2.24) is 0 Å². The highest BCUT2D eigenvalue weighted by Gasteiger charge is 2.17. The molecule has 2 amide bonds.